The summed E-state index contributed by atoms with van der Waals surface area (Å²) >= 11 is 0. The van der Waals surface area contributed by atoms with Crippen LogP contribution in [0.25, 0.3) is 0 Å². The average molecular weight is 372 g/mol. The topological polar surface area (TPSA) is 41.9 Å². The summed E-state index contributed by atoms with van der Waals surface area (Å²) in [7, 11) is 0. The van der Waals surface area contributed by atoms with E-state index in [0.717, 1.165) is 22.9 Å². The monoisotopic (exact) mass is 372 g/mol. The molecule has 0 bridgehead atoms. The molecule has 2 aromatic rings. The van der Waals surface area contributed by atoms with Crippen molar-refractivity contribution in [3.63, 3.8) is 0 Å². The predicted molar refractivity (Wildman–Crippen MR) is 99.3 cm³/mol. The van der Waals surface area contributed by atoms with Crippen LogP contribution in [-0.4, -0.2) is 29.2 Å². The maximum absolute atomic E-state index is 14.0. The van der Waals surface area contributed by atoms with Crippen molar-refractivity contribution in [2.45, 2.75) is 39.3 Å². The minimum atomic E-state index is -0.659. The van der Waals surface area contributed by atoms with E-state index < -0.39 is 11.6 Å². The fourth-order valence-corrected chi connectivity index (χ4v) is 3.02. The molecule has 0 saturated heterocycles. The van der Waals surface area contributed by atoms with Crippen molar-refractivity contribution in [1.29, 1.82) is 0 Å². The number of hydrogen-bond acceptors (Lipinski definition) is 3. The van der Waals surface area contributed by atoms with Gasteiger partial charge in [0.25, 0.3) is 0 Å². The van der Waals surface area contributed by atoms with Crippen LogP contribution in [0.2, 0.25) is 0 Å². The SMILES string of the molecule is CCC(=O)N(Cc1ccc(F)cc1F)C[C@H]1CC(c2ccc(C)cc2)=NO1. The van der Waals surface area contributed by atoms with Gasteiger partial charge in [-0.2, -0.15) is 0 Å². The number of rotatable bonds is 6. The van der Waals surface area contributed by atoms with Crippen molar-refractivity contribution in [2.24, 2.45) is 5.16 Å². The highest BCUT2D eigenvalue weighted by atomic mass is 19.1. The summed E-state index contributed by atoms with van der Waals surface area (Å²) in [6, 6.07) is 11.4. The highest BCUT2D eigenvalue weighted by Gasteiger charge is 2.26. The first kappa shape index (κ1) is 19.0. The molecule has 0 N–H and O–H groups in total. The first-order valence-electron chi connectivity index (χ1n) is 8.97. The predicted octanol–water partition coefficient (Wildman–Crippen LogP) is 4.21. The molecule has 142 valence electrons. The quantitative estimate of drug-likeness (QED) is 0.762. The van der Waals surface area contributed by atoms with E-state index in [4.69, 9.17) is 4.84 Å². The van der Waals surface area contributed by atoms with Crippen LogP contribution < -0.4 is 0 Å². The van der Waals surface area contributed by atoms with E-state index in [1.165, 1.54) is 17.0 Å². The normalized spacial score (nSPS) is 16.0. The Hall–Kier alpha value is -2.76. The van der Waals surface area contributed by atoms with Gasteiger partial charge < -0.3 is 9.74 Å². The molecule has 3 rings (SSSR count). The van der Waals surface area contributed by atoms with Crippen LogP contribution in [-0.2, 0) is 16.2 Å². The fraction of sp³-hybridized carbons (Fsp3) is 0.333. The van der Waals surface area contributed by atoms with Crippen LogP contribution >= 0.6 is 0 Å². The summed E-state index contributed by atoms with van der Waals surface area (Å²) in [5, 5.41) is 4.15. The maximum atomic E-state index is 14.0. The lowest BCUT2D eigenvalue weighted by atomic mass is 10.0. The smallest absolute Gasteiger partial charge is 0.222 e. The Bertz CT molecular complexity index is 850. The molecule has 1 aliphatic heterocycles. The highest BCUT2D eigenvalue weighted by molar-refractivity contribution is 6.01. The van der Waals surface area contributed by atoms with Gasteiger partial charge in [0.2, 0.25) is 5.91 Å². The number of carbonyl (C=O) groups is 1. The summed E-state index contributed by atoms with van der Waals surface area (Å²) in [5.41, 5.74) is 3.25. The first-order chi connectivity index (χ1) is 13.0. The lowest BCUT2D eigenvalue weighted by Gasteiger charge is -2.24. The van der Waals surface area contributed by atoms with E-state index in [9.17, 15) is 13.6 Å². The zero-order valence-electron chi connectivity index (χ0n) is 15.4. The number of amides is 1. The van der Waals surface area contributed by atoms with Crippen LogP contribution in [0.4, 0.5) is 8.78 Å². The van der Waals surface area contributed by atoms with Crippen LogP contribution in [0.5, 0.6) is 0 Å². The molecule has 1 atom stereocenters. The minimum absolute atomic E-state index is 0.0680. The second-order valence-electron chi connectivity index (χ2n) is 6.70. The third-order valence-corrected chi connectivity index (χ3v) is 4.57. The number of benzene rings is 2. The second-order valence-corrected chi connectivity index (χ2v) is 6.70. The molecule has 6 heteroatoms. The third kappa shape index (κ3) is 4.70. The number of halogens is 2. The Kier molecular flexibility index (Phi) is 5.84. The maximum Gasteiger partial charge on any atom is 0.222 e. The Morgan fingerprint density at radius 1 is 1.22 bits per heavy atom. The molecule has 4 nitrogen and oxygen atoms in total. The summed E-state index contributed by atoms with van der Waals surface area (Å²) in [4.78, 5) is 19.3. The van der Waals surface area contributed by atoms with E-state index in [-0.39, 0.29) is 24.1 Å². The zero-order chi connectivity index (χ0) is 19.4. The molecule has 27 heavy (non-hydrogen) atoms. The van der Waals surface area contributed by atoms with Crippen molar-refractivity contribution >= 4 is 11.6 Å². The summed E-state index contributed by atoms with van der Waals surface area (Å²) < 4.78 is 27.1. The molecule has 0 unspecified atom stereocenters. The summed E-state index contributed by atoms with van der Waals surface area (Å²) in [6.45, 7) is 4.13. The van der Waals surface area contributed by atoms with Gasteiger partial charge in [-0.25, -0.2) is 8.78 Å². The van der Waals surface area contributed by atoms with Crippen LogP contribution in [0, 0.1) is 18.6 Å². The Morgan fingerprint density at radius 2 is 1.96 bits per heavy atom. The van der Waals surface area contributed by atoms with E-state index >= 15 is 0 Å². The molecular weight excluding hydrogens is 350 g/mol. The molecule has 0 fully saturated rings. The lowest BCUT2D eigenvalue weighted by Crippen LogP contribution is -2.37. The fourth-order valence-electron chi connectivity index (χ4n) is 3.02. The van der Waals surface area contributed by atoms with Gasteiger partial charge in [-0.15, -0.1) is 0 Å². The van der Waals surface area contributed by atoms with Gasteiger partial charge in [0.1, 0.15) is 11.6 Å². The van der Waals surface area contributed by atoms with E-state index in [1.807, 2.05) is 31.2 Å². The summed E-state index contributed by atoms with van der Waals surface area (Å²) in [6.07, 6.45) is 0.573. The number of nitrogens with zero attached hydrogens (tertiary/aromatic N) is 2. The Balaban J connectivity index is 1.67. The third-order valence-electron chi connectivity index (χ3n) is 4.57. The minimum Gasteiger partial charge on any atom is -0.390 e. The Labute approximate surface area is 157 Å². The summed E-state index contributed by atoms with van der Waals surface area (Å²) in [5.74, 6) is -1.42. The van der Waals surface area contributed by atoms with E-state index in [2.05, 4.69) is 5.16 Å². The molecular formula is C21H22F2N2O2. The largest absolute Gasteiger partial charge is 0.390 e. The van der Waals surface area contributed by atoms with Gasteiger partial charge in [0.15, 0.2) is 6.10 Å². The highest BCUT2D eigenvalue weighted by Crippen LogP contribution is 2.20. The lowest BCUT2D eigenvalue weighted by molar-refractivity contribution is -0.133. The van der Waals surface area contributed by atoms with Gasteiger partial charge in [-0.05, 0) is 18.6 Å². The van der Waals surface area contributed by atoms with Gasteiger partial charge in [0, 0.05) is 31.0 Å². The van der Waals surface area contributed by atoms with Crippen LogP contribution in [0.15, 0.2) is 47.6 Å². The number of carbonyl (C=O) groups excluding carboxylic acids is 1. The van der Waals surface area contributed by atoms with Crippen molar-refractivity contribution < 1.29 is 18.4 Å². The van der Waals surface area contributed by atoms with Gasteiger partial charge in [-0.1, -0.05) is 48.0 Å². The second kappa shape index (κ2) is 8.29. The molecule has 0 radical (unpaired) electrons. The van der Waals surface area contributed by atoms with Crippen molar-refractivity contribution in [3.8, 4) is 0 Å². The molecule has 0 aromatic heterocycles. The molecule has 0 saturated carbocycles. The molecule has 1 aliphatic rings. The van der Waals surface area contributed by atoms with Crippen molar-refractivity contribution in [3.05, 3.63) is 70.8 Å². The van der Waals surface area contributed by atoms with Crippen molar-refractivity contribution in [1.82, 2.24) is 4.90 Å². The number of hydrogen-bond donors (Lipinski definition) is 0. The van der Waals surface area contributed by atoms with Crippen molar-refractivity contribution in [2.75, 3.05) is 6.54 Å². The van der Waals surface area contributed by atoms with Crippen LogP contribution in [0.3, 0.4) is 0 Å². The number of aryl methyl sites for hydroxylation is 1. The molecule has 0 aliphatic carbocycles. The zero-order valence-corrected chi connectivity index (χ0v) is 15.4. The van der Waals surface area contributed by atoms with Crippen LogP contribution in [0.1, 0.15) is 36.5 Å². The standard InChI is InChI=1S/C21H22F2N2O2/c1-3-21(26)25(12-16-8-9-17(22)10-19(16)23)13-18-11-20(24-27-18)15-6-4-14(2)5-7-15/h4-10,18H,3,11-13H2,1-2H3/t18-/m1/s1. The molecule has 0 spiro atoms. The van der Waals surface area contributed by atoms with Gasteiger partial charge in [0.05, 0.1) is 12.3 Å². The first-order valence-corrected chi connectivity index (χ1v) is 8.97. The number of oxime groups is 1. The molecule has 1 amide bonds. The van der Waals surface area contributed by atoms with Gasteiger partial charge in [-0.3, -0.25) is 4.79 Å². The van der Waals surface area contributed by atoms with E-state index in [1.54, 1.807) is 6.92 Å². The van der Waals surface area contributed by atoms with E-state index in [0.29, 0.717) is 19.4 Å². The molecule has 1 heterocycles. The average Bonchev–Trinajstić information content (AvgIpc) is 3.11. The molecule has 2 aromatic carbocycles. The Morgan fingerprint density at radius 3 is 2.63 bits per heavy atom. The van der Waals surface area contributed by atoms with Gasteiger partial charge >= 0.3 is 0 Å².